The average molecular weight is 320 g/mol. The summed E-state index contributed by atoms with van der Waals surface area (Å²) in [5.41, 5.74) is 2.18. The molecule has 1 aliphatic heterocycles. The first-order valence-corrected chi connectivity index (χ1v) is 7.33. The van der Waals surface area contributed by atoms with Gasteiger partial charge in [0.05, 0.1) is 10.6 Å². The number of piperidine rings is 1. The second-order valence-electron chi connectivity index (χ2n) is 5.09. The van der Waals surface area contributed by atoms with Crippen LogP contribution in [0.15, 0.2) is 48.1 Å². The van der Waals surface area contributed by atoms with E-state index in [1.165, 1.54) is 12.1 Å². The Morgan fingerprint density at radius 1 is 1.41 bits per heavy atom. The monoisotopic (exact) mass is 319 g/mol. The summed E-state index contributed by atoms with van der Waals surface area (Å²) >= 11 is 5.95. The normalized spacial score (nSPS) is 17.5. The molecule has 1 fully saturated rings. The van der Waals surface area contributed by atoms with E-state index < -0.39 is 5.75 Å². The summed E-state index contributed by atoms with van der Waals surface area (Å²) in [6.45, 7) is 6.92. The summed E-state index contributed by atoms with van der Waals surface area (Å²) in [6, 6.07) is 2.66. The predicted molar refractivity (Wildman–Crippen MR) is 87.3 cm³/mol. The Hall–Kier alpha value is -2.20. The third-order valence-corrected chi connectivity index (χ3v) is 3.97. The highest BCUT2D eigenvalue weighted by atomic mass is 35.5. The molecule has 0 radical (unpaired) electrons. The molecule has 1 aliphatic rings. The Labute approximate surface area is 134 Å². The largest absolute Gasteiger partial charge is 0.504 e. The number of likely N-dealkylation sites (tertiary alicyclic amines) is 1. The molecule has 0 spiro atoms. The number of hydrogen-bond donors (Lipinski definition) is 2. The van der Waals surface area contributed by atoms with Gasteiger partial charge in [-0.2, -0.15) is 0 Å². The van der Waals surface area contributed by atoms with Crippen LogP contribution >= 0.6 is 11.6 Å². The van der Waals surface area contributed by atoms with Crippen molar-refractivity contribution in [1.82, 2.24) is 4.90 Å². The second kappa shape index (κ2) is 6.71. The van der Waals surface area contributed by atoms with Gasteiger partial charge in [-0.3, -0.25) is 4.79 Å². The zero-order valence-electron chi connectivity index (χ0n) is 12.3. The van der Waals surface area contributed by atoms with E-state index in [0.29, 0.717) is 13.1 Å². The average Bonchev–Trinajstić information content (AvgIpc) is 2.51. The minimum atomic E-state index is -0.475. The summed E-state index contributed by atoms with van der Waals surface area (Å²) in [5, 5.41) is 18.9. The summed E-state index contributed by atoms with van der Waals surface area (Å²) in [4.78, 5) is 14.2. The van der Waals surface area contributed by atoms with Crippen LogP contribution in [0.5, 0.6) is 11.5 Å². The number of halogens is 1. The van der Waals surface area contributed by atoms with Gasteiger partial charge in [0.15, 0.2) is 11.5 Å². The fourth-order valence-corrected chi connectivity index (χ4v) is 2.56. The third-order valence-electron chi connectivity index (χ3n) is 3.59. The van der Waals surface area contributed by atoms with Crippen molar-refractivity contribution in [2.45, 2.75) is 13.3 Å². The quantitative estimate of drug-likeness (QED) is 0.818. The van der Waals surface area contributed by atoms with Crippen molar-refractivity contribution in [2.75, 3.05) is 13.1 Å². The van der Waals surface area contributed by atoms with Crippen LogP contribution in [0.1, 0.15) is 23.7 Å². The van der Waals surface area contributed by atoms with Gasteiger partial charge in [0, 0.05) is 13.1 Å². The van der Waals surface area contributed by atoms with Gasteiger partial charge in [-0.15, -0.1) is 0 Å². The first-order chi connectivity index (χ1) is 10.5. The van der Waals surface area contributed by atoms with Gasteiger partial charge in [-0.1, -0.05) is 36.4 Å². The number of nitrogens with zero attached hydrogens (tertiary/aromatic N) is 1. The van der Waals surface area contributed by atoms with Crippen LogP contribution in [0.3, 0.4) is 0 Å². The molecule has 22 heavy (non-hydrogen) atoms. The number of phenols is 2. The van der Waals surface area contributed by atoms with Gasteiger partial charge in [0.25, 0.3) is 5.91 Å². The minimum absolute atomic E-state index is 0.133. The highest BCUT2D eigenvalue weighted by molar-refractivity contribution is 6.35. The van der Waals surface area contributed by atoms with E-state index >= 15 is 0 Å². The van der Waals surface area contributed by atoms with E-state index in [1.54, 1.807) is 4.90 Å². The number of carbonyl (C=O) groups is 1. The molecule has 0 aliphatic carbocycles. The Balaban J connectivity index is 2.19. The number of benzene rings is 1. The van der Waals surface area contributed by atoms with Gasteiger partial charge in [-0.05, 0) is 36.6 Å². The molecule has 1 heterocycles. The minimum Gasteiger partial charge on any atom is -0.504 e. The molecule has 1 amide bonds. The van der Waals surface area contributed by atoms with Crippen molar-refractivity contribution < 1.29 is 15.0 Å². The topological polar surface area (TPSA) is 60.8 Å². The third kappa shape index (κ3) is 3.17. The lowest BCUT2D eigenvalue weighted by atomic mass is 9.98. The molecular formula is C17H18ClNO3. The smallest absolute Gasteiger partial charge is 0.255 e. The highest BCUT2D eigenvalue weighted by Crippen LogP contribution is 2.36. The molecule has 0 aromatic heterocycles. The van der Waals surface area contributed by atoms with Crippen LogP contribution < -0.4 is 0 Å². The Bertz CT molecular complexity index is 677. The molecule has 4 nitrogen and oxygen atoms in total. The van der Waals surface area contributed by atoms with E-state index in [4.69, 9.17) is 11.6 Å². The molecule has 116 valence electrons. The predicted octanol–water partition coefficient (Wildman–Crippen LogP) is 3.66. The number of hydrogen-bond acceptors (Lipinski definition) is 3. The number of rotatable bonds is 2. The molecule has 1 aromatic carbocycles. The van der Waals surface area contributed by atoms with E-state index in [2.05, 4.69) is 6.58 Å². The van der Waals surface area contributed by atoms with E-state index in [1.807, 2.05) is 25.2 Å². The molecule has 0 saturated carbocycles. The van der Waals surface area contributed by atoms with E-state index in [-0.39, 0.29) is 22.2 Å². The molecule has 0 atom stereocenters. The maximum atomic E-state index is 12.5. The number of allylic oxidation sites excluding steroid dienone is 3. The van der Waals surface area contributed by atoms with Crippen molar-refractivity contribution in [3.63, 3.8) is 0 Å². The van der Waals surface area contributed by atoms with E-state index in [0.717, 1.165) is 17.6 Å². The first-order valence-electron chi connectivity index (χ1n) is 6.95. The zero-order valence-corrected chi connectivity index (χ0v) is 13.1. The molecule has 1 aromatic rings. The van der Waals surface area contributed by atoms with E-state index in [9.17, 15) is 15.0 Å². The summed E-state index contributed by atoms with van der Waals surface area (Å²) in [5.74, 6) is -1.11. The summed E-state index contributed by atoms with van der Waals surface area (Å²) < 4.78 is 0. The van der Waals surface area contributed by atoms with Gasteiger partial charge in [0.2, 0.25) is 0 Å². The maximum absolute atomic E-state index is 12.5. The van der Waals surface area contributed by atoms with Crippen LogP contribution in [-0.4, -0.2) is 34.1 Å². The molecule has 2 rings (SSSR count). The van der Waals surface area contributed by atoms with Crippen LogP contribution in [0.2, 0.25) is 5.02 Å². The van der Waals surface area contributed by atoms with Gasteiger partial charge in [0.1, 0.15) is 0 Å². The van der Waals surface area contributed by atoms with Crippen molar-refractivity contribution in [2.24, 2.45) is 0 Å². The van der Waals surface area contributed by atoms with Crippen LogP contribution in [0.4, 0.5) is 0 Å². The van der Waals surface area contributed by atoms with Crippen molar-refractivity contribution in [3.05, 3.63) is 58.7 Å². The van der Waals surface area contributed by atoms with Gasteiger partial charge >= 0.3 is 0 Å². The molecule has 0 unspecified atom stereocenters. The lowest BCUT2D eigenvalue weighted by Gasteiger charge is -2.30. The second-order valence-corrected chi connectivity index (χ2v) is 5.47. The number of amides is 1. The summed E-state index contributed by atoms with van der Waals surface area (Å²) in [6.07, 6.45) is 6.61. The molecule has 0 bridgehead atoms. The number of aromatic hydroxyl groups is 2. The number of phenolic OH excluding ortho intramolecular Hbond substituents is 2. The van der Waals surface area contributed by atoms with Crippen molar-refractivity contribution in [1.29, 1.82) is 0 Å². The van der Waals surface area contributed by atoms with Crippen LogP contribution in [-0.2, 0) is 0 Å². The lowest BCUT2D eigenvalue weighted by Crippen LogP contribution is -2.37. The van der Waals surface area contributed by atoms with Crippen LogP contribution in [0.25, 0.3) is 0 Å². The van der Waals surface area contributed by atoms with Crippen molar-refractivity contribution >= 4 is 17.5 Å². The SMILES string of the molecule is C=C1CN(C(=O)c2ccc(O)c(O)c2Cl)CC/C1=C/C=C\C. The Morgan fingerprint density at radius 3 is 2.77 bits per heavy atom. The van der Waals surface area contributed by atoms with Gasteiger partial charge in [-0.25, -0.2) is 0 Å². The first kappa shape index (κ1) is 16.2. The zero-order chi connectivity index (χ0) is 16.3. The molecular weight excluding hydrogens is 302 g/mol. The van der Waals surface area contributed by atoms with Crippen LogP contribution in [0, 0.1) is 0 Å². The Kier molecular flexibility index (Phi) is 4.93. The summed E-state index contributed by atoms with van der Waals surface area (Å²) in [7, 11) is 0. The maximum Gasteiger partial charge on any atom is 0.255 e. The number of carbonyl (C=O) groups excluding carboxylic acids is 1. The fraction of sp³-hybridized carbons (Fsp3) is 0.235. The van der Waals surface area contributed by atoms with Crippen molar-refractivity contribution in [3.8, 4) is 11.5 Å². The van der Waals surface area contributed by atoms with Gasteiger partial charge < -0.3 is 15.1 Å². The Morgan fingerprint density at radius 2 is 2.14 bits per heavy atom. The molecule has 1 saturated heterocycles. The lowest BCUT2D eigenvalue weighted by molar-refractivity contribution is 0.0763. The fourth-order valence-electron chi connectivity index (χ4n) is 2.32. The standard InChI is InChI=1S/C17H18ClNO3/c1-3-4-5-12-8-9-19(10-11(12)2)17(22)13-6-7-14(20)16(21)15(13)18/h3-7,20-21H,2,8-10H2,1H3/b4-3-,12-5-. The highest BCUT2D eigenvalue weighted by Gasteiger charge is 2.25. The molecule has 2 N–H and O–H groups in total. The molecule has 5 heteroatoms.